The SMILES string of the molecule is [CH2]CCCCC(CCCCCCCCCCCCCCCC)CCCCCCCCCCCCCCCCCCC. The Balaban J connectivity index is 3.52. The van der Waals surface area contributed by atoms with E-state index in [0.717, 1.165) is 12.3 Å². The Kier molecular flexibility index (Phi) is 38.0. The summed E-state index contributed by atoms with van der Waals surface area (Å²) in [6, 6.07) is 0. The lowest BCUT2D eigenvalue weighted by atomic mass is 9.89. The molecule has 1 unspecified atom stereocenters. The fourth-order valence-electron chi connectivity index (χ4n) is 6.83. The first kappa shape index (κ1) is 41.0. The number of hydrogen-bond acceptors (Lipinski definition) is 0. The Morgan fingerprint density at radius 3 is 0.683 bits per heavy atom. The van der Waals surface area contributed by atoms with E-state index in [2.05, 4.69) is 20.8 Å². The molecule has 41 heavy (non-hydrogen) atoms. The zero-order valence-corrected chi connectivity index (χ0v) is 29.4. The fourth-order valence-corrected chi connectivity index (χ4v) is 6.83. The molecule has 0 heterocycles. The standard InChI is InChI=1S/C41H83/c1-4-7-10-12-14-16-18-20-22-23-24-26-28-30-32-34-37-40-41(38-35-9-6-3)39-36-33-31-29-27-25-21-19-17-15-13-11-8-5-2/h41H,3-40H2,1-2H3. The maximum atomic E-state index is 4.08. The fraction of sp³-hybridized carbons (Fsp3) is 0.976. The van der Waals surface area contributed by atoms with Crippen LogP contribution >= 0.6 is 0 Å². The second-order valence-electron chi connectivity index (χ2n) is 14.0. The first-order valence-electron chi connectivity index (χ1n) is 20.1. The first-order valence-corrected chi connectivity index (χ1v) is 20.1. The van der Waals surface area contributed by atoms with E-state index in [1.165, 1.54) is 231 Å². The second kappa shape index (κ2) is 38.0. The summed E-state index contributed by atoms with van der Waals surface area (Å²) in [4.78, 5) is 0. The van der Waals surface area contributed by atoms with Gasteiger partial charge >= 0.3 is 0 Å². The predicted octanol–water partition coefficient (Wildman–Crippen LogP) is 15.9. The Labute approximate surface area is 263 Å². The molecule has 0 rings (SSSR count). The van der Waals surface area contributed by atoms with Crippen molar-refractivity contribution >= 4 is 0 Å². The highest BCUT2D eigenvalue weighted by Gasteiger charge is 2.08. The zero-order chi connectivity index (χ0) is 29.7. The summed E-state index contributed by atoms with van der Waals surface area (Å²) in [5.74, 6) is 1.01. The molecule has 0 aliphatic heterocycles. The molecule has 0 aliphatic carbocycles. The van der Waals surface area contributed by atoms with Gasteiger partial charge in [-0.3, -0.25) is 0 Å². The Hall–Kier alpha value is 0. The first-order chi connectivity index (χ1) is 20.3. The molecule has 0 amide bonds. The Bertz CT molecular complexity index is 426. The minimum Gasteiger partial charge on any atom is -0.0654 e. The highest BCUT2D eigenvalue weighted by atomic mass is 14.1. The van der Waals surface area contributed by atoms with Gasteiger partial charge in [-0.15, -0.1) is 0 Å². The van der Waals surface area contributed by atoms with E-state index >= 15 is 0 Å². The third-order valence-electron chi connectivity index (χ3n) is 9.79. The normalized spacial score (nSPS) is 12.4. The molecule has 0 spiro atoms. The summed E-state index contributed by atoms with van der Waals surface area (Å²) in [6.07, 6.45) is 54.1. The van der Waals surface area contributed by atoms with Gasteiger partial charge in [-0.2, -0.15) is 0 Å². The molecule has 0 N–H and O–H groups in total. The minimum absolute atomic E-state index is 1.01. The molecule has 0 fully saturated rings. The van der Waals surface area contributed by atoms with Crippen LogP contribution in [0.1, 0.15) is 251 Å². The van der Waals surface area contributed by atoms with E-state index in [1.54, 1.807) is 0 Å². The van der Waals surface area contributed by atoms with Crippen molar-refractivity contribution in [3.8, 4) is 0 Å². The third kappa shape index (κ3) is 36.1. The van der Waals surface area contributed by atoms with Crippen LogP contribution in [0, 0.1) is 12.8 Å². The number of rotatable bonds is 37. The lowest BCUT2D eigenvalue weighted by Crippen LogP contribution is -2.01. The zero-order valence-electron chi connectivity index (χ0n) is 29.4. The van der Waals surface area contributed by atoms with Crippen molar-refractivity contribution in [2.45, 2.75) is 251 Å². The summed E-state index contributed by atoms with van der Waals surface area (Å²) in [7, 11) is 0. The molecule has 0 aliphatic rings. The van der Waals surface area contributed by atoms with Crippen LogP contribution in [0.25, 0.3) is 0 Å². The quantitative estimate of drug-likeness (QED) is 0.0646. The molecule has 0 nitrogen and oxygen atoms in total. The summed E-state index contributed by atoms with van der Waals surface area (Å²) in [5.41, 5.74) is 0. The van der Waals surface area contributed by atoms with E-state index in [9.17, 15) is 0 Å². The maximum absolute atomic E-state index is 4.08. The van der Waals surface area contributed by atoms with Crippen LogP contribution < -0.4 is 0 Å². The minimum atomic E-state index is 1.01. The average Bonchev–Trinajstić information content (AvgIpc) is 2.98. The van der Waals surface area contributed by atoms with Crippen molar-refractivity contribution in [2.24, 2.45) is 5.92 Å². The van der Waals surface area contributed by atoms with E-state index in [1.807, 2.05) is 0 Å². The molecule has 0 aromatic rings. The van der Waals surface area contributed by atoms with Crippen LogP contribution in [0.15, 0.2) is 0 Å². The average molecular weight is 576 g/mol. The maximum Gasteiger partial charge on any atom is -0.0414 e. The van der Waals surface area contributed by atoms with E-state index in [4.69, 9.17) is 0 Å². The third-order valence-corrected chi connectivity index (χ3v) is 9.79. The summed E-state index contributed by atoms with van der Waals surface area (Å²) >= 11 is 0. The van der Waals surface area contributed by atoms with E-state index in [-0.39, 0.29) is 0 Å². The lowest BCUT2D eigenvalue weighted by molar-refractivity contribution is 0.368. The Morgan fingerprint density at radius 2 is 0.463 bits per heavy atom. The van der Waals surface area contributed by atoms with Gasteiger partial charge in [0.25, 0.3) is 0 Å². The smallest absolute Gasteiger partial charge is 0.0414 e. The monoisotopic (exact) mass is 576 g/mol. The summed E-state index contributed by atoms with van der Waals surface area (Å²) in [6.45, 7) is 8.70. The highest BCUT2D eigenvalue weighted by molar-refractivity contribution is 4.62. The molecule has 1 radical (unpaired) electrons. The van der Waals surface area contributed by atoms with Crippen molar-refractivity contribution in [3.63, 3.8) is 0 Å². The van der Waals surface area contributed by atoms with Crippen LogP contribution in [0.5, 0.6) is 0 Å². The molecule has 0 saturated heterocycles. The van der Waals surface area contributed by atoms with E-state index < -0.39 is 0 Å². The van der Waals surface area contributed by atoms with Gasteiger partial charge in [0.2, 0.25) is 0 Å². The molecular weight excluding hydrogens is 492 g/mol. The van der Waals surface area contributed by atoms with E-state index in [0.29, 0.717) is 0 Å². The summed E-state index contributed by atoms with van der Waals surface area (Å²) in [5, 5.41) is 0. The van der Waals surface area contributed by atoms with Gasteiger partial charge in [0, 0.05) is 0 Å². The van der Waals surface area contributed by atoms with Gasteiger partial charge in [0.05, 0.1) is 0 Å². The van der Waals surface area contributed by atoms with Crippen LogP contribution in [0.2, 0.25) is 0 Å². The Morgan fingerprint density at radius 1 is 0.268 bits per heavy atom. The molecule has 0 saturated carbocycles. The van der Waals surface area contributed by atoms with Crippen molar-refractivity contribution in [1.29, 1.82) is 0 Å². The summed E-state index contributed by atoms with van der Waals surface area (Å²) < 4.78 is 0. The highest BCUT2D eigenvalue weighted by Crippen LogP contribution is 2.24. The van der Waals surface area contributed by atoms with Crippen molar-refractivity contribution in [2.75, 3.05) is 0 Å². The molecule has 247 valence electrons. The van der Waals surface area contributed by atoms with Gasteiger partial charge in [-0.25, -0.2) is 0 Å². The molecule has 1 atom stereocenters. The predicted molar refractivity (Wildman–Crippen MR) is 191 cm³/mol. The molecular formula is C41H83. The van der Waals surface area contributed by atoms with Crippen LogP contribution in [0.3, 0.4) is 0 Å². The van der Waals surface area contributed by atoms with Crippen molar-refractivity contribution < 1.29 is 0 Å². The number of hydrogen-bond donors (Lipinski definition) is 0. The van der Waals surface area contributed by atoms with Crippen LogP contribution in [-0.2, 0) is 0 Å². The van der Waals surface area contributed by atoms with Crippen LogP contribution in [-0.4, -0.2) is 0 Å². The lowest BCUT2D eigenvalue weighted by Gasteiger charge is -2.17. The number of unbranched alkanes of at least 4 members (excludes halogenated alkanes) is 31. The van der Waals surface area contributed by atoms with Crippen molar-refractivity contribution in [1.82, 2.24) is 0 Å². The van der Waals surface area contributed by atoms with Gasteiger partial charge in [0.1, 0.15) is 0 Å². The largest absolute Gasteiger partial charge is 0.0654 e. The molecule has 0 bridgehead atoms. The van der Waals surface area contributed by atoms with Gasteiger partial charge in [0.15, 0.2) is 0 Å². The topological polar surface area (TPSA) is 0 Å². The molecule has 0 aromatic carbocycles. The van der Waals surface area contributed by atoms with Gasteiger partial charge in [-0.1, -0.05) is 258 Å². The molecule has 0 aromatic heterocycles. The second-order valence-corrected chi connectivity index (χ2v) is 14.0. The van der Waals surface area contributed by atoms with Crippen molar-refractivity contribution in [3.05, 3.63) is 6.92 Å². The van der Waals surface area contributed by atoms with Crippen LogP contribution in [0.4, 0.5) is 0 Å². The molecule has 0 heteroatoms. The van der Waals surface area contributed by atoms with Gasteiger partial charge < -0.3 is 0 Å². The van der Waals surface area contributed by atoms with Gasteiger partial charge in [-0.05, 0) is 5.92 Å².